The summed E-state index contributed by atoms with van der Waals surface area (Å²) >= 11 is 0. The Kier molecular flexibility index (Phi) is 7.05. The zero-order valence-corrected chi connectivity index (χ0v) is 18.7. The molecule has 3 rings (SSSR count). The number of hydrogen-bond acceptors (Lipinski definition) is 7. The van der Waals surface area contributed by atoms with Crippen molar-refractivity contribution in [2.45, 2.75) is 31.7 Å². The molecule has 2 aromatic rings. The number of aliphatic carboxylic acids is 1. The van der Waals surface area contributed by atoms with Gasteiger partial charge in [-0.25, -0.2) is 9.36 Å². The van der Waals surface area contributed by atoms with E-state index in [-0.39, 0.29) is 11.3 Å². The molecular formula is C21H22N3O8P. The smallest absolute Gasteiger partial charge is 0.459 e. The van der Waals surface area contributed by atoms with E-state index in [1.807, 2.05) is 0 Å². The third-order valence-corrected chi connectivity index (χ3v) is 6.29. The molecule has 174 valence electrons. The molecule has 0 fully saturated rings. The van der Waals surface area contributed by atoms with Crippen molar-refractivity contribution in [3.8, 4) is 18.1 Å². The summed E-state index contributed by atoms with van der Waals surface area (Å²) in [6.07, 6.45) is 8.92. The number of benzene rings is 1. The minimum absolute atomic E-state index is 0.178. The first-order valence-electron chi connectivity index (χ1n) is 9.73. The molecule has 0 saturated carbocycles. The van der Waals surface area contributed by atoms with Crippen LogP contribution in [0.25, 0.3) is 0 Å². The van der Waals surface area contributed by atoms with Crippen LogP contribution in [-0.4, -0.2) is 38.9 Å². The average molecular weight is 475 g/mol. The molecule has 11 nitrogen and oxygen atoms in total. The Morgan fingerprint density at radius 2 is 2.12 bits per heavy atom. The van der Waals surface area contributed by atoms with E-state index in [2.05, 4.69) is 16.0 Å². The zero-order chi connectivity index (χ0) is 24.2. The van der Waals surface area contributed by atoms with E-state index in [1.165, 1.54) is 44.3 Å². The fraction of sp³-hybridized carbons (Fsp3) is 0.286. The molecule has 1 unspecified atom stereocenters. The van der Waals surface area contributed by atoms with Crippen LogP contribution in [0, 0.1) is 19.3 Å². The number of rotatable bonds is 9. The summed E-state index contributed by atoms with van der Waals surface area (Å²) in [5.41, 5.74) is -2.49. The number of terminal acetylenes is 1. The van der Waals surface area contributed by atoms with Gasteiger partial charge < -0.3 is 14.4 Å². The Bertz CT molecular complexity index is 1260. The first-order valence-corrected chi connectivity index (χ1v) is 11.3. The number of carbonyl (C=O) groups is 1. The van der Waals surface area contributed by atoms with E-state index in [0.29, 0.717) is 0 Å². The van der Waals surface area contributed by atoms with Crippen molar-refractivity contribution in [1.29, 1.82) is 0 Å². The number of nitrogens with zero attached hydrogens (tertiary/aromatic N) is 1. The Morgan fingerprint density at radius 3 is 2.76 bits per heavy atom. The van der Waals surface area contributed by atoms with Crippen LogP contribution in [0.15, 0.2) is 58.3 Å². The van der Waals surface area contributed by atoms with Gasteiger partial charge in [-0.05, 0) is 38.1 Å². The number of aromatic nitrogens is 2. The van der Waals surface area contributed by atoms with E-state index in [0.717, 1.165) is 4.57 Å². The van der Waals surface area contributed by atoms with Crippen molar-refractivity contribution in [2.75, 3.05) is 6.61 Å². The molecule has 4 atom stereocenters. The largest absolute Gasteiger partial charge is 0.480 e. The van der Waals surface area contributed by atoms with Crippen LogP contribution in [0.1, 0.15) is 18.7 Å². The number of aryl methyl sites for hydroxylation is 1. The first-order chi connectivity index (χ1) is 15.6. The molecule has 0 radical (unpaired) electrons. The van der Waals surface area contributed by atoms with Crippen molar-refractivity contribution in [3.05, 3.63) is 75.1 Å². The molecule has 33 heavy (non-hydrogen) atoms. The maximum Gasteiger partial charge on any atom is 0.459 e. The van der Waals surface area contributed by atoms with Crippen molar-refractivity contribution in [1.82, 2.24) is 14.6 Å². The molecule has 1 aliphatic heterocycles. The summed E-state index contributed by atoms with van der Waals surface area (Å²) < 4.78 is 31.2. The molecule has 1 aromatic carbocycles. The summed E-state index contributed by atoms with van der Waals surface area (Å²) in [6.45, 7) is 2.31. The Morgan fingerprint density at radius 1 is 1.42 bits per heavy atom. The monoisotopic (exact) mass is 475 g/mol. The number of carboxylic acids is 1. The lowest BCUT2D eigenvalue weighted by Gasteiger charge is -2.27. The molecule has 0 amide bonds. The Balaban J connectivity index is 1.81. The van der Waals surface area contributed by atoms with Gasteiger partial charge in [0.2, 0.25) is 0 Å². The van der Waals surface area contributed by atoms with Crippen molar-refractivity contribution in [2.24, 2.45) is 0 Å². The molecule has 1 aromatic heterocycles. The fourth-order valence-corrected chi connectivity index (χ4v) is 4.37. The fourth-order valence-electron chi connectivity index (χ4n) is 2.85. The van der Waals surface area contributed by atoms with E-state index >= 15 is 0 Å². The summed E-state index contributed by atoms with van der Waals surface area (Å²) in [6, 6.07) is 6.77. The van der Waals surface area contributed by atoms with Gasteiger partial charge in [-0.2, -0.15) is 5.09 Å². The molecule has 0 bridgehead atoms. The highest BCUT2D eigenvalue weighted by atomic mass is 31.2. The van der Waals surface area contributed by atoms with Crippen molar-refractivity contribution < 1.29 is 28.3 Å². The van der Waals surface area contributed by atoms with E-state index < -0.39 is 49.4 Å². The normalized spacial score (nSPS) is 22.3. The van der Waals surface area contributed by atoms with Crippen LogP contribution in [0.3, 0.4) is 0 Å². The van der Waals surface area contributed by atoms with E-state index in [4.69, 9.17) is 20.2 Å². The molecule has 1 aliphatic rings. The van der Waals surface area contributed by atoms with Crippen LogP contribution in [-0.2, 0) is 18.6 Å². The second kappa shape index (κ2) is 9.60. The quantitative estimate of drug-likeness (QED) is 0.279. The highest BCUT2D eigenvalue weighted by molar-refractivity contribution is 7.52. The standard InChI is InChI=1S/C21H22N3O8P/c1-4-21(11-10-17(31-21)24-12-14(2)18(25)22-20(24)28)13-30-33(29,23-15(3)19(26)27)32-16-8-6-5-7-9-16/h1,5-12,15,17H,13H2,2-3H3,(H,23,29)(H,26,27)(H,22,25,28)/t15?,17-,21+,33+/m1/s1. The van der Waals surface area contributed by atoms with Gasteiger partial charge in [-0.1, -0.05) is 24.1 Å². The topological polar surface area (TPSA) is 149 Å². The van der Waals surface area contributed by atoms with E-state index in [9.17, 15) is 24.1 Å². The van der Waals surface area contributed by atoms with Crippen LogP contribution >= 0.6 is 7.75 Å². The zero-order valence-electron chi connectivity index (χ0n) is 17.8. The maximum atomic E-state index is 13.3. The first kappa shape index (κ1) is 24.2. The summed E-state index contributed by atoms with van der Waals surface area (Å²) in [5.74, 6) is 1.30. The van der Waals surface area contributed by atoms with Crippen molar-refractivity contribution in [3.63, 3.8) is 0 Å². The molecule has 3 N–H and O–H groups in total. The second-order valence-electron chi connectivity index (χ2n) is 7.24. The SMILES string of the molecule is C#C[C@@]1(CO[P@@](=O)(NC(C)C(=O)O)Oc2ccccc2)C=C[C@H](n2cc(C)c(=O)[nH]c2=O)O1. The number of aromatic amines is 1. The number of carboxylic acid groups (broad SMARTS) is 1. The lowest BCUT2D eigenvalue weighted by molar-refractivity contribution is -0.138. The van der Waals surface area contributed by atoms with Gasteiger partial charge in [0.15, 0.2) is 11.8 Å². The van der Waals surface area contributed by atoms with Gasteiger partial charge in [0.05, 0.1) is 0 Å². The molecule has 12 heteroatoms. The molecular weight excluding hydrogens is 453 g/mol. The summed E-state index contributed by atoms with van der Waals surface area (Å²) in [7, 11) is -4.23. The average Bonchev–Trinajstić information content (AvgIpc) is 3.20. The van der Waals surface area contributed by atoms with E-state index in [1.54, 1.807) is 18.2 Å². The van der Waals surface area contributed by atoms with Gasteiger partial charge in [-0.3, -0.25) is 23.7 Å². The van der Waals surface area contributed by atoms with Crippen LogP contribution < -0.4 is 20.9 Å². The molecule has 0 saturated heterocycles. The maximum absolute atomic E-state index is 13.3. The Hall–Kier alpha value is -3.42. The summed E-state index contributed by atoms with van der Waals surface area (Å²) in [4.78, 5) is 37.2. The number of H-pyrrole nitrogens is 1. The lowest BCUT2D eigenvalue weighted by Crippen LogP contribution is -2.38. The van der Waals surface area contributed by atoms with Crippen LogP contribution in [0.5, 0.6) is 5.75 Å². The van der Waals surface area contributed by atoms with Gasteiger partial charge >= 0.3 is 19.4 Å². The van der Waals surface area contributed by atoms with Gasteiger partial charge in [0.25, 0.3) is 5.56 Å². The Labute approximate surface area is 188 Å². The molecule has 0 aliphatic carbocycles. The predicted molar refractivity (Wildman–Crippen MR) is 118 cm³/mol. The molecule has 0 spiro atoms. The number of para-hydroxylation sites is 1. The van der Waals surface area contributed by atoms with Gasteiger partial charge in [0.1, 0.15) is 18.4 Å². The van der Waals surface area contributed by atoms with Crippen molar-refractivity contribution >= 4 is 13.7 Å². The molecule has 2 heterocycles. The lowest BCUT2D eigenvalue weighted by atomic mass is 10.1. The number of ether oxygens (including phenoxy) is 1. The number of hydrogen-bond donors (Lipinski definition) is 3. The number of nitrogens with one attached hydrogen (secondary N) is 2. The predicted octanol–water partition coefficient (Wildman–Crippen LogP) is 1.57. The second-order valence-corrected chi connectivity index (χ2v) is 8.94. The highest BCUT2D eigenvalue weighted by Gasteiger charge is 2.40. The minimum atomic E-state index is -4.23. The van der Waals surface area contributed by atoms with Crippen LogP contribution in [0.4, 0.5) is 0 Å². The minimum Gasteiger partial charge on any atom is -0.480 e. The third-order valence-electron chi connectivity index (χ3n) is 4.67. The van der Waals surface area contributed by atoms with Gasteiger partial charge in [0, 0.05) is 11.8 Å². The van der Waals surface area contributed by atoms with Gasteiger partial charge in [-0.15, -0.1) is 6.42 Å². The summed E-state index contributed by atoms with van der Waals surface area (Å²) in [5, 5.41) is 11.5. The van der Waals surface area contributed by atoms with Crippen LogP contribution in [0.2, 0.25) is 0 Å². The third kappa shape index (κ3) is 5.69. The highest BCUT2D eigenvalue weighted by Crippen LogP contribution is 2.46.